The molecule has 0 spiro atoms. The topological polar surface area (TPSA) is 139 Å². The number of hydrogen-bond donors (Lipinski definition) is 1. The van der Waals surface area contributed by atoms with Gasteiger partial charge < -0.3 is 19.5 Å². The first-order valence-corrected chi connectivity index (χ1v) is 13.7. The fourth-order valence-corrected chi connectivity index (χ4v) is 5.52. The van der Waals surface area contributed by atoms with Crippen LogP contribution in [0, 0.1) is 12.3 Å². The quantitative estimate of drug-likeness (QED) is 0.447. The molecule has 1 N–H and O–H groups in total. The van der Waals surface area contributed by atoms with E-state index in [4.69, 9.17) is 9.47 Å². The molecule has 0 aliphatic carbocycles. The molecular formula is C28H32N4O7S. The number of carboxylic acid groups (broad SMARTS) is 1. The summed E-state index contributed by atoms with van der Waals surface area (Å²) in [6, 6.07) is 6.75. The van der Waals surface area contributed by atoms with Crippen molar-refractivity contribution in [2.75, 3.05) is 13.1 Å². The SMILES string of the molecule is CC(=O)CN1C(=O)S/C(=C\c2cccc(Oc3ncnc(OC4CCN(C(=O)O)C(C(C)(C)C)C4)c3C)c2)C1=O. The van der Waals surface area contributed by atoms with Crippen LogP contribution < -0.4 is 9.47 Å². The molecule has 2 aliphatic heterocycles. The normalized spacial score (nSPS) is 20.7. The molecule has 2 fully saturated rings. The molecule has 2 aromatic rings. The number of likely N-dealkylation sites (tertiary alicyclic amines) is 1. The summed E-state index contributed by atoms with van der Waals surface area (Å²) in [7, 11) is 0. The summed E-state index contributed by atoms with van der Waals surface area (Å²) >= 11 is 0.785. The van der Waals surface area contributed by atoms with Crippen molar-refractivity contribution in [1.82, 2.24) is 19.8 Å². The highest BCUT2D eigenvalue weighted by Gasteiger charge is 2.40. The highest BCUT2D eigenvalue weighted by Crippen LogP contribution is 2.36. The zero-order valence-electron chi connectivity index (χ0n) is 23.0. The molecule has 40 heavy (non-hydrogen) atoms. The minimum absolute atomic E-state index is 0.201. The van der Waals surface area contributed by atoms with Gasteiger partial charge in [0, 0.05) is 25.4 Å². The van der Waals surface area contributed by atoms with Gasteiger partial charge in [-0.1, -0.05) is 32.9 Å². The lowest BCUT2D eigenvalue weighted by molar-refractivity contribution is -0.127. The number of ether oxygens (including phenoxy) is 2. The number of benzene rings is 1. The molecule has 2 aliphatic rings. The first-order chi connectivity index (χ1) is 18.8. The van der Waals surface area contributed by atoms with Gasteiger partial charge in [-0.05, 0) is 54.8 Å². The van der Waals surface area contributed by atoms with Crippen LogP contribution in [0.1, 0.15) is 51.7 Å². The number of imide groups is 1. The van der Waals surface area contributed by atoms with Gasteiger partial charge in [-0.25, -0.2) is 14.8 Å². The van der Waals surface area contributed by atoms with Crippen LogP contribution in [0.3, 0.4) is 0 Å². The predicted molar refractivity (Wildman–Crippen MR) is 148 cm³/mol. The van der Waals surface area contributed by atoms with E-state index in [0.717, 1.165) is 16.7 Å². The van der Waals surface area contributed by atoms with Crippen molar-refractivity contribution in [1.29, 1.82) is 0 Å². The van der Waals surface area contributed by atoms with Crippen molar-refractivity contribution in [3.8, 4) is 17.5 Å². The Balaban J connectivity index is 1.48. The van der Waals surface area contributed by atoms with E-state index in [2.05, 4.69) is 9.97 Å². The van der Waals surface area contributed by atoms with E-state index in [9.17, 15) is 24.3 Å². The number of amides is 3. The molecule has 0 radical (unpaired) electrons. The number of ketones is 1. The monoisotopic (exact) mass is 568 g/mol. The number of carbonyl (C=O) groups excluding carboxylic acids is 3. The molecule has 1 aromatic heterocycles. The van der Waals surface area contributed by atoms with Gasteiger partial charge in [0.05, 0.1) is 17.0 Å². The molecule has 2 saturated heterocycles. The van der Waals surface area contributed by atoms with Crippen LogP contribution >= 0.6 is 11.8 Å². The standard InChI is InChI=1S/C28H32N4O7S/c1-16(33)14-32-25(34)21(40-27(32)37)12-18-7-6-8-19(11-18)38-23-17(2)24(30-15-29-23)39-20-9-10-31(26(35)36)22(13-20)28(3,4)5/h6-8,11-12,15,20,22H,9-10,13-14H2,1-5H3,(H,35,36)/b21-12-. The van der Waals surface area contributed by atoms with Gasteiger partial charge in [-0.3, -0.25) is 19.3 Å². The van der Waals surface area contributed by atoms with Crippen LogP contribution in [0.5, 0.6) is 17.5 Å². The Hall–Kier alpha value is -3.93. The zero-order chi connectivity index (χ0) is 29.2. The molecular weight excluding hydrogens is 536 g/mol. The molecule has 1 aromatic carbocycles. The first kappa shape index (κ1) is 29.1. The summed E-state index contributed by atoms with van der Waals surface area (Å²) in [4.78, 5) is 59.0. The Kier molecular flexibility index (Phi) is 8.48. The van der Waals surface area contributed by atoms with Crippen LogP contribution in [0.25, 0.3) is 6.08 Å². The fraction of sp³-hybridized carbons (Fsp3) is 0.429. The Morgan fingerprint density at radius 3 is 2.60 bits per heavy atom. The maximum Gasteiger partial charge on any atom is 0.407 e. The predicted octanol–water partition coefficient (Wildman–Crippen LogP) is 5.14. The Bertz CT molecular complexity index is 1370. The number of carbonyl (C=O) groups is 4. The van der Waals surface area contributed by atoms with Crippen LogP contribution in [0.4, 0.5) is 9.59 Å². The van der Waals surface area contributed by atoms with Crippen LogP contribution in [-0.4, -0.2) is 73.1 Å². The van der Waals surface area contributed by atoms with Crippen molar-refractivity contribution >= 4 is 40.9 Å². The molecule has 12 heteroatoms. The average molecular weight is 569 g/mol. The second-order valence-electron chi connectivity index (χ2n) is 10.9. The minimum atomic E-state index is -0.930. The number of Topliss-reactive ketones (excluding diaryl/α,β-unsaturated/α-hetero) is 1. The molecule has 11 nitrogen and oxygen atoms in total. The molecule has 3 amide bonds. The molecule has 0 saturated carbocycles. The van der Waals surface area contributed by atoms with Crippen molar-refractivity contribution < 1.29 is 33.8 Å². The minimum Gasteiger partial charge on any atom is -0.474 e. The van der Waals surface area contributed by atoms with Gasteiger partial charge in [0.15, 0.2) is 0 Å². The van der Waals surface area contributed by atoms with Gasteiger partial charge in [-0.2, -0.15) is 0 Å². The van der Waals surface area contributed by atoms with Crippen LogP contribution in [0.15, 0.2) is 35.5 Å². The molecule has 212 valence electrons. The van der Waals surface area contributed by atoms with E-state index < -0.39 is 17.2 Å². The van der Waals surface area contributed by atoms with E-state index in [1.54, 1.807) is 37.3 Å². The van der Waals surface area contributed by atoms with Crippen LogP contribution in [0.2, 0.25) is 0 Å². The number of aromatic nitrogens is 2. The largest absolute Gasteiger partial charge is 0.474 e. The van der Waals surface area contributed by atoms with Gasteiger partial charge in [0.2, 0.25) is 11.8 Å². The highest BCUT2D eigenvalue weighted by molar-refractivity contribution is 8.18. The Morgan fingerprint density at radius 1 is 1.20 bits per heavy atom. The number of hydrogen-bond acceptors (Lipinski definition) is 9. The highest BCUT2D eigenvalue weighted by atomic mass is 32.2. The third-order valence-electron chi connectivity index (χ3n) is 6.69. The summed E-state index contributed by atoms with van der Waals surface area (Å²) in [5, 5.41) is 9.15. The molecule has 2 atom stereocenters. The van der Waals surface area contributed by atoms with Crippen molar-refractivity contribution in [3.63, 3.8) is 0 Å². The number of piperidine rings is 1. The third kappa shape index (κ3) is 6.61. The zero-order valence-corrected chi connectivity index (χ0v) is 23.9. The third-order valence-corrected chi connectivity index (χ3v) is 7.60. The first-order valence-electron chi connectivity index (χ1n) is 12.8. The maximum atomic E-state index is 12.6. The van der Waals surface area contributed by atoms with Gasteiger partial charge in [0.25, 0.3) is 11.1 Å². The maximum absolute atomic E-state index is 12.6. The Morgan fingerprint density at radius 2 is 1.93 bits per heavy atom. The van der Waals surface area contributed by atoms with Crippen molar-refractivity contribution in [2.24, 2.45) is 5.41 Å². The van der Waals surface area contributed by atoms with E-state index in [-0.39, 0.29) is 34.8 Å². The van der Waals surface area contributed by atoms with E-state index in [1.165, 1.54) is 18.2 Å². The number of thioether (sulfide) groups is 1. The summed E-state index contributed by atoms with van der Waals surface area (Å²) < 4.78 is 12.3. The summed E-state index contributed by atoms with van der Waals surface area (Å²) in [6.45, 7) is 9.28. The molecule has 4 rings (SSSR count). The van der Waals surface area contributed by atoms with Crippen molar-refractivity contribution in [3.05, 3.63) is 46.6 Å². The second-order valence-corrected chi connectivity index (χ2v) is 11.9. The summed E-state index contributed by atoms with van der Waals surface area (Å²) in [6.07, 6.45) is 2.85. The van der Waals surface area contributed by atoms with E-state index in [0.29, 0.717) is 48.0 Å². The van der Waals surface area contributed by atoms with Gasteiger partial charge in [0.1, 0.15) is 24.0 Å². The molecule has 3 heterocycles. The lowest BCUT2D eigenvalue weighted by Crippen LogP contribution is -2.53. The summed E-state index contributed by atoms with van der Waals surface area (Å²) in [5.74, 6) is 0.322. The number of nitrogens with zero attached hydrogens (tertiary/aromatic N) is 4. The molecule has 0 bridgehead atoms. The fourth-order valence-electron chi connectivity index (χ4n) is 4.68. The van der Waals surface area contributed by atoms with E-state index >= 15 is 0 Å². The lowest BCUT2D eigenvalue weighted by atomic mass is 9.80. The number of rotatable bonds is 7. The smallest absolute Gasteiger partial charge is 0.407 e. The van der Waals surface area contributed by atoms with Crippen molar-refractivity contribution in [2.45, 2.75) is 59.6 Å². The second kappa shape index (κ2) is 11.7. The Labute approximate surface area is 236 Å². The van der Waals surface area contributed by atoms with Gasteiger partial charge in [-0.15, -0.1) is 0 Å². The van der Waals surface area contributed by atoms with Gasteiger partial charge >= 0.3 is 6.09 Å². The lowest BCUT2D eigenvalue weighted by Gasteiger charge is -2.44. The van der Waals surface area contributed by atoms with E-state index in [1.807, 2.05) is 20.8 Å². The summed E-state index contributed by atoms with van der Waals surface area (Å²) in [5.41, 5.74) is 0.967. The van der Waals surface area contributed by atoms with Crippen LogP contribution in [-0.2, 0) is 9.59 Å². The molecule has 2 unspecified atom stereocenters. The average Bonchev–Trinajstić information content (AvgIpc) is 3.13.